The van der Waals surface area contributed by atoms with E-state index < -0.39 is 34.4 Å². The molecule has 1 amide bonds. The highest BCUT2D eigenvalue weighted by molar-refractivity contribution is 7.89. The van der Waals surface area contributed by atoms with E-state index in [4.69, 9.17) is 16.3 Å². The number of aryl methyl sites for hydroxylation is 2. The van der Waals surface area contributed by atoms with Crippen LogP contribution in [0, 0.1) is 12.8 Å². The molecule has 10 nitrogen and oxygen atoms in total. The van der Waals surface area contributed by atoms with Crippen molar-refractivity contribution in [1.29, 1.82) is 0 Å². The van der Waals surface area contributed by atoms with E-state index in [9.17, 15) is 18.0 Å². The molecule has 0 radical (unpaired) electrons. The first-order valence-electron chi connectivity index (χ1n) is 9.25. The number of hydrogen-bond donors (Lipinski definition) is 1. The Balaban J connectivity index is 1.49. The maximum atomic E-state index is 12.7. The highest BCUT2D eigenvalue weighted by Crippen LogP contribution is 2.24. The van der Waals surface area contributed by atoms with Crippen molar-refractivity contribution in [2.75, 3.05) is 25.0 Å². The van der Waals surface area contributed by atoms with E-state index in [2.05, 4.69) is 15.3 Å². The summed E-state index contributed by atoms with van der Waals surface area (Å²) < 4.78 is 33.5. The van der Waals surface area contributed by atoms with Crippen LogP contribution in [0.1, 0.15) is 18.7 Å². The molecule has 2 aromatic heterocycles. The Morgan fingerprint density at radius 2 is 2.03 bits per heavy atom. The Bertz CT molecular complexity index is 1030. The molecule has 0 aromatic carbocycles. The second-order valence-electron chi connectivity index (χ2n) is 6.91. The molecule has 0 atom stereocenters. The monoisotopic (exact) mass is 455 g/mol. The largest absolute Gasteiger partial charge is 0.455 e. The molecule has 1 aliphatic rings. The van der Waals surface area contributed by atoms with Gasteiger partial charge in [0.15, 0.2) is 16.8 Å². The van der Waals surface area contributed by atoms with Crippen molar-refractivity contribution in [2.45, 2.75) is 24.8 Å². The van der Waals surface area contributed by atoms with E-state index in [1.165, 1.54) is 16.7 Å². The van der Waals surface area contributed by atoms with Gasteiger partial charge >= 0.3 is 5.97 Å². The molecule has 0 unspecified atom stereocenters. The van der Waals surface area contributed by atoms with Gasteiger partial charge in [-0.2, -0.15) is 4.31 Å². The topological polar surface area (TPSA) is 123 Å². The van der Waals surface area contributed by atoms with Crippen LogP contribution in [-0.4, -0.2) is 58.8 Å². The van der Waals surface area contributed by atoms with Crippen molar-refractivity contribution in [3.05, 3.63) is 35.5 Å². The molecular weight excluding hydrogens is 434 g/mol. The number of ether oxygens (including phenoxy) is 1. The van der Waals surface area contributed by atoms with E-state index in [1.807, 2.05) is 0 Å². The first-order chi connectivity index (χ1) is 14.2. The van der Waals surface area contributed by atoms with Gasteiger partial charge in [-0.05, 0) is 31.9 Å². The summed E-state index contributed by atoms with van der Waals surface area (Å²) in [6.07, 6.45) is 3.57. The predicted molar refractivity (Wildman–Crippen MR) is 108 cm³/mol. The maximum absolute atomic E-state index is 12.7. The Morgan fingerprint density at radius 1 is 1.33 bits per heavy atom. The quantitative estimate of drug-likeness (QED) is 0.515. The minimum absolute atomic E-state index is 0.00531. The molecule has 162 valence electrons. The van der Waals surface area contributed by atoms with Gasteiger partial charge < -0.3 is 14.6 Å². The van der Waals surface area contributed by atoms with E-state index in [-0.39, 0.29) is 23.3 Å². The molecule has 1 N–H and O–H groups in total. The number of anilines is 1. The van der Waals surface area contributed by atoms with Crippen molar-refractivity contribution >= 4 is 39.2 Å². The van der Waals surface area contributed by atoms with E-state index in [0.717, 1.165) is 0 Å². The average molecular weight is 456 g/mol. The van der Waals surface area contributed by atoms with Crippen LogP contribution in [0.25, 0.3) is 0 Å². The summed E-state index contributed by atoms with van der Waals surface area (Å²) in [6, 6.07) is 3.19. The van der Waals surface area contributed by atoms with Crippen molar-refractivity contribution in [3.8, 4) is 0 Å². The molecule has 2 aromatic rings. The number of carbonyl (C=O) groups excluding carboxylic acids is 2. The summed E-state index contributed by atoms with van der Waals surface area (Å²) in [6.45, 7) is 1.61. The molecule has 0 saturated carbocycles. The number of amides is 1. The van der Waals surface area contributed by atoms with Crippen LogP contribution in [0.5, 0.6) is 0 Å². The summed E-state index contributed by atoms with van der Waals surface area (Å²) in [5.74, 6) is -0.952. The molecule has 30 heavy (non-hydrogen) atoms. The molecule has 3 rings (SSSR count). The number of halogens is 1. The lowest BCUT2D eigenvalue weighted by atomic mass is 9.98. The van der Waals surface area contributed by atoms with Crippen molar-refractivity contribution in [2.24, 2.45) is 13.0 Å². The van der Waals surface area contributed by atoms with Gasteiger partial charge in [0.2, 0.25) is 0 Å². The molecule has 1 saturated heterocycles. The first kappa shape index (κ1) is 22.2. The molecule has 0 aliphatic carbocycles. The summed E-state index contributed by atoms with van der Waals surface area (Å²) in [4.78, 5) is 32.1. The Kier molecular flexibility index (Phi) is 6.74. The van der Waals surface area contributed by atoms with Crippen LogP contribution in [0.3, 0.4) is 0 Å². The van der Waals surface area contributed by atoms with Gasteiger partial charge in [0.05, 0.1) is 11.6 Å². The van der Waals surface area contributed by atoms with E-state index >= 15 is 0 Å². The lowest BCUT2D eigenvalue weighted by molar-refractivity contribution is -0.152. The van der Waals surface area contributed by atoms with Gasteiger partial charge in [-0.15, -0.1) is 0 Å². The van der Waals surface area contributed by atoms with Crippen molar-refractivity contribution in [3.63, 3.8) is 0 Å². The van der Waals surface area contributed by atoms with Crippen LogP contribution in [-0.2, 0) is 31.4 Å². The van der Waals surface area contributed by atoms with Crippen molar-refractivity contribution in [1.82, 2.24) is 18.8 Å². The summed E-state index contributed by atoms with van der Waals surface area (Å²) in [5, 5.41) is 2.64. The maximum Gasteiger partial charge on any atom is 0.309 e. The number of imidazole rings is 1. The molecular formula is C18H22ClN5O5S. The normalized spacial score (nSPS) is 15.7. The summed E-state index contributed by atoms with van der Waals surface area (Å²) in [7, 11) is -1.99. The number of rotatable bonds is 6. The minimum Gasteiger partial charge on any atom is -0.455 e. The highest BCUT2D eigenvalue weighted by Gasteiger charge is 2.34. The van der Waals surface area contributed by atoms with Gasteiger partial charge in [0.25, 0.3) is 15.9 Å². The van der Waals surface area contributed by atoms with Gasteiger partial charge in [-0.25, -0.2) is 18.4 Å². The SMILES string of the molecule is Cc1nc(S(=O)(=O)N2CCC(C(=O)OCC(=O)Nc3cccnc3Cl)CC2)cn1C. The zero-order valence-corrected chi connectivity index (χ0v) is 18.1. The summed E-state index contributed by atoms with van der Waals surface area (Å²) >= 11 is 5.86. The highest BCUT2D eigenvalue weighted by atomic mass is 35.5. The fraction of sp³-hybridized carbons (Fsp3) is 0.444. The molecule has 0 bridgehead atoms. The standard InChI is InChI=1S/C18H22ClN5O5S/c1-12-21-16(10-23(12)2)30(27,28)24-8-5-13(6-9-24)18(26)29-11-15(25)22-14-4-3-7-20-17(14)19/h3-4,7,10,13H,5-6,8-9,11H2,1-2H3,(H,22,25). The zero-order valence-electron chi connectivity index (χ0n) is 16.5. The number of pyridine rings is 1. The molecule has 0 spiro atoms. The second kappa shape index (κ2) is 9.11. The van der Waals surface area contributed by atoms with E-state index in [0.29, 0.717) is 24.4 Å². The number of nitrogens with one attached hydrogen (secondary N) is 1. The third-order valence-corrected chi connectivity index (χ3v) is 6.93. The van der Waals surface area contributed by atoms with Gasteiger partial charge in [0.1, 0.15) is 5.82 Å². The van der Waals surface area contributed by atoms with Crippen LogP contribution < -0.4 is 5.32 Å². The fourth-order valence-corrected chi connectivity index (χ4v) is 4.70. The first-order valence-corrected chi connectivity index (χ1v) is 11.1. The van der Waals surface area contributed by atoms with Crippen LogP contribution in [0.4, 0.5) is 5.69 Å². The lowest BCUT2D eigenvalue weighted by Crippen LogP contribution is -2.41. The van der Waals surface area contributed by atoms with Gasteiger partial charge in [0, 0.05) is 32.5 Å². The average Bonchev–Trinajstić information content (AvgIpc) is 3.07. The van der Waals surface area contributed by atoms with Crippen molar-refractivity contribution < 1.29 is 22.7 Å². The number of hydrogen-bond acceptors (Lipinski definition) is 7. The van der Waals surface area contributed by atoms with Crippen LogP contribution >= 0.6 is 11.6 Å². The zero-order chi connectivity index (χ0) is 21.9. The third-order valence-electron chi connectivity index (χ3n) is 4.86. The molecule has 3 heterocycles. The Hall–Kier alpha value is -2.50. The number of nitrogens with zero attached hydrogens (tertiary/aromatic N) is 4. The Labute approximate surface area is 179 Å². The summed E-state index contributed by atoms with van der Waals surface area (Å²) in [5.41, 5.74) is 0.323. The fourth-order valence-electron chi connectivity index (χ4n) is 3.03. The number of sulfonamides is 1. The number of esters is 1. The third kappa shape index (κ3) is 4.97. The molecule has 12 heteroatoms. The predicted octanol–water partition coefficient (Wildman–Crippen LogP) is 1.36. The van der Waals surface area contributed by atoms with Gasteiger partial charge in [-0.1, -0.05) is 11.6 Å². The number of carbonyl (C=O) groups is 2. The smallest absolute Gasteiger partial charge is 0.309 e. The number of piperidine rings is 1. The van der Waals surface area contributed by atoms with E-state index in [1.54, 1.807) is 30.7 Å². The molecule has 1 fully saturated rings. The van der Waals surface area contributed by atoms with Gasteiger partial charge in [-0.3, -0.25) is 9.59 Å². The second-order valence-corrected chi connectivity index (χ2v) is 9.16. The van der Waals surface area contributed by atoms with Crippen LogP contribution in [0.15, 0.2) is 29.6 Å². The Morgan fingerprint density at radius 3 is 2.63 bits per heavy atom. The minimum atomic E-state index is -3.71. The van der Waals surface area contributed by atoms with Crippen LogP contribution in [0.2, 0.25) is 5.15 Å². The molecule has 1 aliphatic heterocycles. The number of aromatic nitrogens is 3. The lowest BCUT2D eigenvalue weighted by Gasteiger charge is -2.29.